The van der Waals surface area contributed by atoms with Crippen molar-refractivity contribution in [1.29, 1.82) is 0 Å². The molecule has 1 aliphatic rings. The second kappa shape index (κ2) is 5.40. The summed E-state index contributed by atoms with van der Waals surface area (Å²) in [5.74, 6) is 0.488. The Labute approximate surface area is 108 Å². The van der Waals surface area contributed by atoms with Gasteiger partial charge in [-0.1, -0.05) is 30.3 Å². The van der Waals surface area contributed by atoms with Gasteiger partial charge in [-0.2, -0.15) is 0 Å². The molecule has 0 radical (unpaired) electrons. The Hall–Kier alpha value is -1.55. The minimum atomic E-state index is -0.174. The Kier molecular flexibility index (Phi) is 3.87. The highest BCUT2D eigenvalue weighted by Crippen LogP contribution is 2.24. The van der Waals surface area contributed by atoms with Crippen LogP contribution in [0.5, 0.6) is 0 Å². The molecule has 0 amide bonds. The molecule has 98 valence electrons. The highest BCUT2D eigenvalue weighted by Gasteiger charge is 2.35. The van der Waals surface area contributed by atoms with E-state index in [1.165, 1.54) is 0 Å². The Balaban J connectivity index is 1.90. The lowest BCUT2D eigenvalue weighted by Gasteiger charge is -2.26. The summed E-state index contributed by atoms with van der Waals surface area (Å²) in [5.41, 5.74) is 6.89. The van der Waals surface area contributed by atoms with Crippen LogP contribution >= 0.6 is 0 Å². The lowest BCUT2D eigenvalue weighted by molar-refractivity contribution is 0.0249. The van der Waals surface area contributed by atoms with E-state index in [1.54, 1.807) is 0 Å². The van der Waals surface area contributed by atoms with Crippen molar-refractivity contribution in [3.8, 4) is 0 Å². The zero-order chi connectivity index (χ0) is 13.0. The van der Waals surface area contributed by atoms with Crippen molar-refractivity contribution in [2.24, 2.45) is 10.7 Å². The summed E-state index contributed by atoms with van der Waals surface area (Å²) < 4.78 is 5.64. The summed E-state index contributed by atoms with van der Waals surface area (Å²) in [4.78, 5) is 4.35. The molecule has 18 heavy (non-hydrogen) atoms. The molecule has 4 heteroatoms. The molecule has 1 atom stereocenters. The zero-order valence-corrected chi connectivity index (χ0v) is 11.0. The summed E-state index contributed by atoms with van der Waals surface area (Å²) in [6.45, 7) is 5.52. The first-order valence-electron chi connectivity index (χ1n) is 6.32. The fourth-order valence-corrected chi connectivity index (χ4v) is 2.12. The van der Waals surface area contributed by atoms with Gasteiger partial charge in [0.15, 0.2) is 5.96 Å². The van der Waals surface area contributed by atoms with Crippen LogP contribution in [0, 0.1) is 0 Å². The lowest BCUT2D eigenvalue weighted by atomic mass is 9.99. The molecule has 0 saturated carbocycles. The van der Waals surface area contributed by atoms with Gasteiger partial charge in [0.05, 0.1) is 18.2 Å². The molecule has 4 nitrogen and oxygen atoms in total. The lowest BCUT2D eigenvalue weighted by Crippen LogP contribution is -2.48. The number of hydrogen-bond donors (Lipinski definition) is 2. The molecular weight excluding hydrogens is 226 g/mol. The maximum absolute atomic E-state index is 5.91. The van der Waals surface area contributed by atoms with Crippen LogP contribution in [0.15, 0.2) is 35.3 Å². The monoisotopic (exact) mass is 247 g/mol. The van der Waals surface area contributed by atoms with Crippen molar-refractivity contribution in [2.75, 3.05) is 6.61 Å². The molecule has 1 aliphatic heterocycles. The maximum Gasteiger partial charge on any atom is 0.189 e. The fraction of sp³-hybridized carbons (Fsp3) is 0.500. The van der Waals surface area contributed by atoms with E-state index in [0.717, 1.165) is 18.6 Å². The Morgan fingerprint density at radius 1 is 1.44 bits per heavy atom. The highest BCUT2D eigenvalue weighted by molar-refractivity contribution is 5.78. The second-order valence-corrected chi connectivity index (χ2v) is 5.12. The third-order valence-corrected chi connectivity index (χ3v) is 3.32. The van der Waals surface area contributed by atoms with E-state index in [9.17, 15) is 0 Å². The summed E-state index contributed by atoms with van der Waals surface area (Å²) in [5, 5.41) is 3.24. The van der Waals surface area contributed by atoms with E-state index in [4.69, 9.17) is 10.5 Å². The van der Waals surface area contributed by atoms with Crippen LogP contribution in [-0.4, -0.2) is 24.2 Å². The molecule has 0 aromatic heterocycles. The Morgan fingerprint density at radius 3 is 2.78 bits per heavy atom. The fourth-order valence-electron chi connectivity index (χ4n) is 2.12. The number of guanidine groups is 1. The molecule has 1 saturated heterocycles. The first-order valence-corrected chi connectivity index (χ1v) is 6.32. The van der Waals surface area contributed by atoms with Crippen LogP contribution in [0.2, 0.25) is 0 Å². The molecule has 0 spiro atoms. The number of nitrogens with two attached hydrogens (primary N) is 1. The predicted molar refractivity (Wildman–Crippen MR) is 73.3 cm³/mol. The van der Waals surface area contributed by atoms with Crippen molar-refractivity contribution < 1.29 is 4.74 Å². The van der Waals surface area contributed by atoms with Crippen LogP contribution in [0.4, 0.5) is 0 Å². The molecule has 1 unspecified atom stereocenters. The van der Waals surface area contributed by atoms with Crippen LogP contribution in [0.3, 0.4) is 0 Å². The molecule has 3 N–H and O–H groups in total. The van der Waals surface area contributed by atoms with E-state index in [1.807, 2.05) is 30.3 Å². The average molecular weight is 247 g/mol. The number of aliphatic imine (C=N–C) groups is 1. The van der Waals surface area contributed by atoms with Gasteiger partial charge in [0.1, 0.15) is 0 Å². The van der Waals surface area contributed by atoms with Crippen molar-refractivity contribution in [3.63, 3.8) is 0 Å². The van der Waals surface area contributed by atoms with E-state index >= 15 is 0 Å². The standard InChI is InChI=1S/C14H21N3O/c1-14(2)12(8-9-18-14)17-13(15)16-10-11-6-4-3-5-7-11/h3-7,12H,8-10H2,1-2H3,(H3,15,16,17). The molecule has 0 aliphatic carbocycles. The number of rotatable bonds is 3. The molecule has 1 fully saturated rings. The maximum atomic E-state index is 5.91. The molecule has 2 rings (SSSR count). The minimum Gasteiger partial charge on any atom is -0.373 e. The number of nitrogens with one attached hydrogen (secondary N) is 1. The van der Waals surface area contributed by atoms with Gasteiger partial charge in [-0.25, -0.2) is 4.99 Å². The first kappa shape index (κ1) is 12.9. The summed E-state index contributed by atoms with van der Waals surface area (Å²) in [6, 6.07) is 10.3. The van der Waals surface area contributed by atoms with Gasteiger partial charge in [-0.05, 0) is 25.8 Å². The smallest absolute Gasteiger partial charge is 0.189 e. The molecule has 1 aromatic rings. The van der Waals surface area contributed by atoms with Gasteiger partial charge < -0.3 is 15.8 Å². The van der Waals surface area contributed by atoms with E-state index in [2.05, 4.69) is 24.2 Å². The van der Waals surface area contributed by atoms with Gasteiger partial charge in [-0.15, -0.1) is 0 Å². The number of hydrogen-bond acceptors (Lipinski definition) is 2. The third kappa shape index (κ3) is 3.23. The number of benzene rings is 1. The first-order chi connectivity index (χ1) is 8.58. The van der Waals surface area contributed by atoms with Crippen LogP contribution in [0.1, 0.15) is 25.8 Å². The molecule has 0 bridgehead atoms. The highest BCUT2D eigenvalue weighted by atomic mass is 16.5. The zero-order valence-electron chi connectivity index (χ0n) is 11.0. The normalized spacial score (nSPS) is 23.0. The molecular formula is C14H21N3O. The van der Waals surface area contributed by atoms with E-state index in [0.29, 0.717) is 12.5 Å². The van der Waals surface area contributed by atoms with Gasteiger partial charge in [0.25, 0.3) is 0 Å². The summed E-state index contributed by atoms with van der Waals surface area (Å²) in [6.07, 6.45) is 0.967. The van der Waals surface area contributed by atoms with Gasteiger partial charge in [0.2, 0.25) is 0 Å². The van der Waals surface area contributed by atoms with Crippen LogP contribution in [-0.2, 0) is 11.3 Å². The minimum absolute atomic E-state index is 0.174. The van der Waals surface area contributed by atoms with Crippen molar-refractivity contribution in [3.05, 3.63) is 35.9 Å². The van der Waals surface area contributed by atoms with Crippen molar-refractivity contribution in [1.82, 2.24) is 5.32 Å². The SMILES string of the molecule is CC1(C)OCCC1NC(N)=NCc1ccccc1. The Bertz CT molecular complexity index is 414. The van der Waals surface area contributed by atoms with Crippen molar-refractivity contribution >= 4 is 5.96 Å². The average Bonchev–Trinajstić information content (AvgIpc) is 2.68. The molecule has 1 aromatic carbocycles. The second-order valence-electron chi connectivity index (χ2n) is 5.12. The van der Waals surface area contributed by atoms with E-state index in [-0.39, 0.29) is 11.6 Å². The van der Waals surface area contributed by atoms with Gasteiger partial charge in [0, 0.05) is 6.61 Å². The predicted octanol–water partition coefficient (Wildman–Crippen LogP) is 1.66. The number of ether oxygens (including phenoxy) is 1. The van der Waals surface area contributed by atoms with Crippen molar-refractivity contribution in [2.45, 2.75) is 38.5 Å². The Morgan fingerprint density at radius 2 is 2.17 bits per heavy atom. The molecule has 1 heterocycles. The quantitative estimate of drug-likeness (QED) is 0.631. The number of nitrogens with zero attached hydrogens (tertiary/aromatic N) is 1. The topological polar surface area (TPSA) is 59.6 Å². The largest absolute Gasteiger partial charge is 0.373 e. The van der Waals surface area contributed by atoms with Gasteiger partial charge in [-0.3, -0.25) is 0 Å². The van der Waals surface area contributed by atoms with Crippen LogP contribution < -0.4 is 11.1 Å². The van der Waals surface area contributed by atoms with E-state index < -0.39 is 0 Å². The van der Waals surface area contributed by atoms with Crippen LogP contribution in [0.25, 0.3) is 0 Å². The summed E-state index contributed by atoms with van der Waals surface area (Å²) >= 11 is 0. The third-order valence-electron chi connectivity index (χ3n) is 3.32. The van der Waals surface area contributed by atoms with Gasteiger partial charge >= 0.3 is 0 Å². The summed E-state index contributed by atoms with van der Waals surface area (Å²) in [7, 11) is 0.